The summed E-state index contributed by atoms with van der Waals surface area (Å²) in [6, 6.07) is -0.304. The minimum absolute atomic E-state index is 0.0180. The van der Waals surface area contributed by atoms with Gasteiger partial charge in [-0.15, -0.1) is 0 Å². The van der Waals surface area contributed by atoms with Crippen molar-refractivity contribution in [2.75, 3.05) is 41.4 Å². The molecule has 4 heterocycles. The first-order valence-corrected chi connectivity index (χ1v) is 21.6. The zero-order valence-electron chi connectivity index (χ0n) is 37.8. The summed E-state index contributed by atoms with van der Waals surface area (Å²) in [6.45, 7) is 18.7. The highest BCUT2D eigenvalue weighted by Gasteiger charge is 2.70. The molecule has 0 aromatic rings. The van der Waals surface area contributed by atoms with Gasteiger partial charge in [-0.05, 0) is 68.0 Å². The summed E-state index contributed by atoms with van der Waals surface area (Å²) in [5.74, 6) is -5.40. The Morgan fingerprint density at radius 3 is 2.08 bits per heavy atom. The third-order valence-electron chi connectivity index (χ3n) is 14.5. The van der Waals surface area contributed by atoms with E-state index in [1.165, 1.54) is 14.0 Å². The number of aliphatic hydroxyl groups excluding tert-OH is 2. The number of likely N-dealkylation sites (tertiary alicyclic amines) is 1. The number of carbonyl (C=O) groups excluding carboxylic acids is 3. The number of likely N-dealkylation sites (N-methyl/N-ethyl adjacent to an activating group) is 1. The summed E-state index contributed by atoms with van der Waals surface area (Å²) in [5, 5.41) is 33.7. The number of esters is 2. The van der Waals surface area contributed by atoms with E-state index >= 15 is 0 Å². The summed E-state index contributed by atoms with van der Waals surface area (Å²) in [4.78, 5) is 45.0. The molecule has 59 heavy (non-hydrogen) atoms. The van der Waals surface area contributed by atoms with Crippen LogP contribution in [0.5, 0.6) is 0 Å². The van der Waals surface area contributed by atoms with E-state index in [2.05, 4.69) is 9.80 Å². The number of ketones is 1. The number of fused-ring (bicyclic) bond motifs is 1. The predicted octanol–water partition coefficient (Wildman–Crippen LogP) is 2.30. The molecular weight excluding hydrogens is 768 g/mol. The SMILES string of the molecule is CO[C@]1(C)C[C@H](O[C@H]2[C@H](C)[C@@H](O[C@@H]3O[C@H](C)C[C@@H](N4CC[C@@H](O)C4)[C@@H]3N(C)C)[C@@](C)(OC)C[C@@H](C)C(=O)[C@H](C)[C@@H](O)[C@@]3(O)C(C)[C@H]3OC(=O)[C@@H]2C)O[C@@H](C)[C@@H]1OC(C)=O. The number of Topliss-reactive ketones (excluding diaryl/α,β-unsaturated/α-hetero) is 1. The molecule has 4 saturated heterocycles. The standard InChI is InChI=1S/C43H74N2O14/c1-21-18-41(9,52-13)36(59-40-32(44(11)12)30(17-22(2)54-40)45-16-15-29(47)20-45)24(4)34(57-31-19-42(10,53-14)38(27(7)55-31)56-28(8)46)25(5)39(50)58-37-26(6)43(37,51)35(49)23(3)33(21)48/h21-27,29-32,34-38,40,47,49,51H,15-20H2,1-14H3/t21-,22-,23+,24+,25-,26?,27+,29-,30-,31+,32+,34+,35-,36-,37-,38+,40+,41+,42-,43+/m1/s1. The molecule has 0 spiro atoms. The number of hydrogen-bond acceptors (Lipinski definition) is 16. The van der Waals surface area contributed by atoms with Gasteiger partial charge in [0.2, 0.25) is 0 Å². The maximum absolute atomic E-state index is 14.3. The zero-order chi connectivity index (χ0) is 44.1. The van der Waals surface area contributed by atoms with Gasteiger partial charge in [0.25, 0.3) is 0 Å². The van der Waals surface area contributed by atoms with Gasteiger partial charge < -0.3 is 58.1 Å². The lowest BCUT2D eigenvalue weighted by Crippen LogP contribution is -2.64. The highest BCUT2D eigenvalue weighted by molar-refractivity contribution is 5.84. The molecule has 1 aliphatic carbocycles. The molecule has 5 rings (SSSR count). The molecule has 5 fully saturated rings. The first-order valence-electron chi connectivity index (χ1n) is 21.6. The Kier molecular flexibility index (Phi) is 15.1. The van der Waals surface area contributed by atoms with Crippen molar-refractivity contribution in [3.63, 3.8) is 0 Å². The van der Waals surface area contributed by atoms with Crippen molar-refractivity contribution < 1.29 is 67.6 Å². The molecule has 16 heteroatoms. The molecule has 1 saturated carbocycles. The lowest BCUT2D eigenvalue weighted by molar-refractivity contribution is -0.315. The fourth-order valence-electron chi connectivity index (χ4n) is 10.7. The minimum Gasteiger partial charge on any atom is -0.458 e. The topological polar surface area (TPSA) is 192 Å². The highest BCUT2D eigenvalue weighted by Crippen LogP contribution is 2.52. The van der Waals surface area contributed by atoms with Gasteiger partial charge in [0.1, 0.15) is 23.1 Å². The average molecular weight is 843 g/mol. The van der Waals surface area contributed by atoms with Crippen LogP contribution < -0.4 is 0 Å². The molecule has 5 aliphatic rings. The van der Waals surface area contributed by atoms with Gasteiger partial charge in [-0.1, -0.05) is 27.7 Å². The molecule has 4 aliphatic heterocycles. The highest BCUT2D eigenvalue weighted by atomic mass is 16.7. The average Bonchev–Trinajstić information content (AvgIpc) is 3.44. The lowest BCUT2D eigenvalue weighted by atomic mass is 9.75. The van der Waals surface area contributed by atoms with Gasteiger partial charge in [0.15, 0.2) is 18.7 Å². The molecule has 20 atom stereocenters. The maximum Gasteiger partial charge on any atom is 0.311 e. The van der Waals surface area contributed by atoms with Crippen LogP contribution in [-0.2, 0) is 52.3 Å². The van der Waals surface area contributed by atoms with E-state index in [0.717, 1.165) is 6.54 Å². The van der Waals surface area contributed by atoms with Crippen LogP contribution in [0.4, 0.5) is 0 Å². The predicted molar refractivity (Wildman–Crippen MR) is 214 cm³/mol. The molecule has 0 aromatic carbocycles. The van der Waals surface area contributed by atoms with Gasteiger partial charge >= 0.3 is 11.9 Å². The van der Waals surface area contributed by atoms with E-state index in [9.17, 15) is 29.7 Å². The summed E-state index contributed by atoms with van der Waals surface area (Å²) in [7, 11) is 7.03. The molecule has 0 radical (unpaired) electrons. The molecule has 340 valence electrons. The van der Waals surface area contributed by atoms with Crippen LogP contribution in [0.15, 0.2) is 0 Å². The number of carbonyl (C=O) groups is 3. The van der Waals surface area contributed by atoms with E-state index in [0.29, 0.717) is 19.4 Å². The lowest BCUT2D eigenvalue weighted by Gasteiger charge is -2.51. The van der Waals surface area contributed by atoms with Crippen LogP contribution in [0.2, 0.25) is 0 Å². The van der Waals surface area contributed by atoms with Crippen molar-refractivity contribution >= 4 is 17.7 Å². The Morgan fingerprint density at radius 2 is 1.53 bits per heavy atom. The van der Waals surface area contributed by atoms with E-state index in [-0.39, 0.29) is 36.8 Å². The quantitative estimate of drug-likeness (QED) is 0.286. The van der Waals surface area contributed by atoms with Gasteiger partial charge in [0, 0.05) is 70.4 Å². The number of aliphatic hydroxyl groups is 3. The Hall–Kier alpha value is -1.83. The Bertz CT molecular complexity index is 1490. The monoisotopic (exact) mass is 843 g/mol. The Morgan fingerprint density at radius 1 is 0.898 bits per heavy atom. The second-order valence-electron chi connectivity index (χ2n) is 19.1. The number of methoxy groups -OCH3 is 2. The second-order valence-corrected chi connectivity index (χ2v) is 19.1. The normalized spacial score (nSPS) is 49.2. The third kappa shape index (κ3) is 9.58. The molecule has 0 bridgehead atoms. The third-order valence-corrected chi connectivity index (χ3v) is 14.5. The summed E-state index contributed by atoms with van der Waals surface area (Å²) in [5.41, 5.74) is -4.06. The Balaban J connectivity index is 1.60. The van der Waals surface area contributed by atoms with Crippen molar-refractivity contribution in [3.8, 4) is 0 Å². The number of rotatable bonds is 9. The van der Waals surface area contributed by atoms with Crippen molar-refractivity contribution in [1.82, 2.24) is 9.80 Å². The smallest absolute Gasteiger partial charge is 0.311 e. The van der Waals surface area contributed by atoms with Gasteiger partial charge in [-0.2, -0.15) is 0 Å². The number of nitrogens with zero attached hydrogens (tertiary/aromatic N) is 2. The molecule has 0 amide bonds. The summed E-state index contributed by atoms with van der Waals surface area (Å²) in [6.07, 6.45) is -6.58. The summed E-state index contributed by atoms with van der Waals surface area (Å²) >= 11 is 0. The molecule has 3 N–H and O–H groups in total. The van der Waals surface area contributed by atoms with E-state index in [1.807, 2.05) is 41.8 Å². The fourth-order valence-corrected chi connectivity index (χ4v) is 10.7. The van der Waals surface area contributed by atoms with Gasteiger partial charge in [0.05, 0.1) is 54.2 Å². The Labute approximate surface area is 350 Å². The van der Waals surface area contributed by atoms with E-state index in [4.69, 9.17) is 37.9 Å². The van der Waals surface area contributed by atoms with Crippen LogP contribution in [0, 0.1) is 29.6 Å². The first kappa shape index (κ1) is 48.2. The van der Waals surface area contributed by atoms with Crippen molar-refractivity contribution in [2.24, 2.45) is 29.6 Å². The zero-order valence-corrected chi connectivity index (χ0v) is 37.8. The second kappa shape index (κ2) is 18.5. The fraction of sp³-hybridized carbons (Fsp3) is 0.930. The molecule has 1 unspecified atom stereocenters. The maximum atomic E-state index is 14.3. The van der Waals surface area contributed by atoms with Crippen LogP contribution >= 0.6 is 0 Å². The largest absolute Gasteiger partial charge is 0.458 e. The van der Waals surface area contributed by atoms with Gasteiger partial charge in [-0.25, -0.2) is 0 Å². The molecular formula is C43H74N2O14. The number of β-amino-alcohol motifs (C(OH)–C–C–N with tert-alkyl or cyclic N) is 1. The van der Waals surface area contributed by atoms with Crippen LogP contribution in [-0.4, -0.2) is 175 Å². The first-order chi connectivity index (χ1) is 27.4. The summed E-state index contributed by atoms with van der Waals surface area (Å²) < 4.78 is 51.3. The van der Waals surface area contributed by atoms with Crippen molar-refractivity contribution in [2.45, 2.75) is 185 Å². The molecule has 16 nitrogen and oxygen atoms in total. The van der Waals surface area contributed by atoms with E-state index < -0.39 is 114 Å². The van der Waals surface area contributed by atoms with Crippen molar-refractivity contribution in [1.29, 1.82) is 0 Å². The van der Waals surface area contributed by atoms with Gasteiger partial charge in [-0.3, -0.25) is 19.3 Å². The van der Waals surface area contributed by atoms with Crippen LogP contribution in [0.25, 0.3) is 0 Å². The minimum atomic E-state index is -1.82. The molecule has 0 aromatic heterocycles. The van der Waals surface area contributed by atoms with Crippen LogP contribution in [0.3, 0.4) is 0 Å². The number of ether oxygens (including phenoxy) is 8. The van der Waals surface area contributed by atoms with Crippen molar-refractivity contribution in [3.05, 3.63) is 0 Å². The van der Waals surface area contributed by atoms with Crippen LogP contribution in [0.1, 0.15) is 94.9 Å². The number of hydrogen-bond donors (Lipinski definition) is 3. The van der Waals surface area contributed by atoms with E-state index in [1.54, 1.807) is 41.7 Å².